The minimum Gasteiger partial charge on any atom is -0.366 e. The molecule has 0 spiro atoms. The van der Waals surface area contributed by atoms with Gasteiger partial charge in [-0.2, -0.15) is 0 Å². The van der Waals surface area contributed by atoms with Crippen LogP contribution in [-0.2, 0) is 24.2 Å². The summed E-state index contributed by atoms with van der Waals surface area (Å²) in [5.74, 6) is 0.122. The van der Waals surface area contributed by atoms with Gasteiger partial charge in [-0.1, -0.05) is 84.9 Å². The Bertz CT molecular complexity index is 1470. The summed E-state index contributed by atoms with van der Waals surface area (Å²) < 4.78 is 0. The minimum absolute atomic E-state index is 0.0129. The van der Waals surface area contributed by atoms with Gasteiger partial charge >= 0.3 is 0 Å². The fraction of sp³-hybridized carbons (Fsp3) is 0.235. The lowest BCUT2D eigenvalue weighted by atomic mass is 9.98. The summed E-state index contributed by atoms with van der Waals surface area (Å²) in [6.07, 6.45) is 2.55. The standard InChI is InChI=1S/C34H33N3O2/c38-33(35-19-17-24-9-3-1-4-10-24)31-21-28(36-34(39)30-22-29(30)26-12-5-2-6-13-26)15-16-32(31)37-20-18-25-11-7-8-14-27(25)23-37/h1-16,21,29-30H,17-20,22-23H2,(H,35,38)(H,36,39). The average Bonchev–Trinajstić information content (AvgIpc) is 3.79. The van der Waals surface area contributed by atoms with Crippen molar-refractivity contribution >= 4 is 23.2 Å². The molecule has 1 heterocycles. The Morgan fingerprint density at radius 1 is 0.821 bits per heavy atom. The molecular weight excluding hydrogens is 482 g/mol. The summed E-state index contributed by atoms with van der Waals surface area (Å²) in [6, 6.07) is 34.6. The van der Waals surface area contributed by atoms with E-state index < -0.39 is 0 Å². The van der Waals surface area contributed by atoms with Gasteiger partial charge in [0, 0.05) is 36.9 Å². The van der Waals surface area contributed by atoms with E-state index in [9.17, 15) is 9.59 Å². The molecule has 0 radical (unpaired) electrons. The van der Waals surface area contributed by atoms with Crippen LogP contribution < -0.4 is 15.5 Å². The van der Waals surface area contributed by atoms with Crippen LogP contribution in [0.1, 0.15) is 45.0 Å². The first-order chi connectivity index (χ1) is 19.2. The SMILES string of the molecule is O=C(NCCc1ccccc1)c1cc(NC(=O)C2CC2c2ccccc2)ccc1N1CCc2ccccc2C1. The highest BCUT2D eigenvalue weighted by atomic mass is 16.2. The van der Waals surface area contributed by atoms with Crippen LogP contribution in [0.15, 0.2) is 103 Å². The van der Waals surface area contributed by atoms with Gasteiger partial charge in [0.1, 0.15) is 0 Å². The van der Waals surface area contributed by atoms with Crippen LogP contribution in [-0.4, -0.2) is 24.9 Å². The summed E-state index contributed by atoms with van der Waals surface area (Å²) in [5, 5.41) is 6.20. The number of fused-ring (bicyclic) bond motifs is 1. The van der Waals surface area contributed by atoms with Crippen molar-refractivity contribution in [1.29, 1.82) is 0 Å². The van der Waals surface area contributed by atoms with Gasteiger partial charge in [0.25, 0.3) is 5.91 Å². The first-order valence-corrected chi connectivity index (χ1v) is 13.8. The lowest BCUT2D eigenvalue weighted by Crippen LogP contribution is -2.33. The molecule has 1 fully saturated rings. The number of hydrogen-bond donors (Lipinski definition) is 2. The predicted octanol–water partition coefficient (Wildman–Crippen LogP) is 5.96. The number of benzene rings is 4. The van der Waals surface area contributed by atoms with Gasteiger partial charge in [-0.25, -0.2) is 0 Å². The van der Waals surface area contributed by atoms with E-state index in [1.807, 2.05) is 54.6 Å². The Morgan fingerprint density at radius 3 is 2.33 bits per heavy atom. The van der Waals surface area contributed by atoms with E-state index in [1.165, 1.54) is 22.3 Å². The second-order valence-corrected chi connectivity index (χ2v) is 10.5. The maximum Gasteiger partial charge on any atom is 0.253 e. The third-order valence-corrected chi connectivity index (χ3v) is 7.88. The van der Waals surface area contributed by atoms with Crippen LogP contribution in [0.5, 0.6) is 0 Å². The molecule has 1 aliphatic carbocycles. The van der Waals surface area contributed by atoms with E-state index in [2.05, 4.69) is 64.1 Å². The number of hydrogen-bond acceptors (Lipinski definition) is 3. The van der Waals surface area contributed by atoms with Gasteiger partial charge < -0.3 is 15.5 Å². The summed E-state index contributed by atoms with van der Waals surface area (Å²) >= 11 is 0. The topological polar surface area (TPSA) is 61.4 Å². The van der Waals surface area contributed by atoms with Crippen LogP contribution in [0.2, 0.25) is 0 Å². The lowest BCUT2D eigenvalue weighted by Gasteiger charge is -2.32. The molecule has 2 N–H and O–H groups in total. The molecular formula is C34H33N3O2. The number of nitrogens with zero attached hydrogens (tertiary/aromatic N) is 1. The predicted molar refractivity (Wildman–Crippen MR) is 156 cm³/mol. The van der Waals surface area contributed by atoms with E-state index in [1.54, 1.807) is 0 Å². The average molecular weight is 516 g/mol. The van der Waals surface area contributed by atoms with Crippen LogP contribution in [0.25, 0.3) is 0 Å². The Morgan fingerprint density at radius 2 is 1.54 bits per heavy atom. The molecule has 6 rings (SSSR count). The molecule has 196 valence electrons. The molecule has 0 aromatic heterocycles. The van der Waals surface area contributed by atoms with E-state index in [0.29, 0.717) is 17.8 Å². The third-order valence-electron chi connectivity index (χ3n) is 7.88. The van der Waals surface area contributed by atoms with Gasteiger partial charge in [0.15, 0.2) is 0 Å². The molecule has 0 bridgehead atoms. The molecule has 2 amide bonds. The fourth-order valence-electron chi connectivity index (χ4n) is 5.62. The second-order valence-electron chi connectivity index (χ2n) is 10.5. The first-order valence-electron chi connectivity index (χ1n) is 13.8. The molecule has 39 heavy (non-hydrogen) atoms. The smallest absolute Gasteiger partial charge is 0.253 e. The van der Waals surface area contributed by atoms with Crippen molar-refractivity contribution in [2.45, 2.75) is 31.7 Å². The van der Waals surface area contributed by atoms with Gasteiger partial charge in [-0.3, -0.25) is 9.59 Å². The van der Waals surface area contributed by atoms with Crippen LogP contribution >= 0.6 is 0 Å². The second kappa shape index (κ2) is 11.2. The van der Waals surface area contributed by atoms with Gasteiger partial charge in [0.2, 0.25) is 5.91 Å². The first kappa shape index (κ1) is 24.9. The normalized spacial score (nSPS) is 17.7. The van der Waals surface area contributed by atoms with Crippen molar-refractivity contribution in [2.75, 3.05) is 23.3 Å². The maximum absolute atomic E-state index is 13.5. The highest BCUT2D eigenvalue weighted by Crippen LogP contribution is 2.48. The molecule has 0 saturated heterocycles. The Labute approximate surface area is 229 Å². The van der Waals surface area contributed by atoms with Crippen LogP contribution in [0.3, 0.4) is 0 Å². The number of amides is 2. The number of anilines is 2. The molecule has 2 unspecified atom stereocenters. The quantitative estimate of drug-likeness (QED) is 0.304. The highest BCUT2D eigenvalue weighted by Gasteiger charge is 2.43. The highest BCUT2D eigenvalue weighted by molar-refractivity contribution is 6.02. The zero-order valence-corrected chi connectivity index (χ0v) is 22.0. The monoisotopic (exact) mass is 515 g/mol. The molecule has 2 aliphatic rings. The van der Waals surface area contributed by atoms with E-state index in [-0.39, 0.29) is 23.7 Å². The van der Waals surface area contributed by atoms with Crippen molar-refractivity contribution in [3.05, 3.63) is 131 Å². The molecule has 5 heteroatoms. The Balaban J connectivity index is 1.20. The summed E-state index contributed by atoms with van der Waals surface area (Å²) in [5.41, 5.74) is 7.19. The van der Waals surface area contributed by atoms with Crippen molar-refractivity contribution in [2.24, 2.45) is 5.92 Å². The maximum atomic E-state index is 13.5. The molecule has 5 nitrogen and oxygen atoms in total. The fourth-order valence-corrected chi connectivity index (χ4v) is 5.62. The Hall–Kier alpha value is -4.38. The number of rotatable bonds is 8. The molecule has 4 aromatic carbocycles. The largest absolute Gasteiger partial charge is 0.366 e. The number of carbonyl (C=O) groups is 2. The van der Waals surface area contributed by atoms with Crippen molar-refractivity contribution in [3.8, 4) is 0 Å². The summed E-state index contributed by atoms with van der Waals surface area (Å²) in [6.45, 7) is 2.14. The van der Waals surface area contributed by atoms with Gasteiger partial charge in [-0.15, -0.1) is 0 Å². The van der Waals surface area contributed by atoms with E-state index in [0.717, 1.165) is 38.0 Å². The minimum atomic E-state index is -0.121. The summed E-state index contributed by atoms with van der Waals surface area (Å²) in [7, 11) is 0. The zero-order valence-electron chi connectivity index (χ0n) is 22.0. The molecule has 4 aromatic rings. The van der Waals surface area contributed by atoms with Gasteiger partial charge in [0.05, 0.1) is 5.56 Å². The van der Waals surface area contributed by atoms with Crippen molar-refractivity contribution in [3.63, 3.8) is 0 Å². The molecule has 1 saturated carbocycles. The van der Waals surface area contributed by atoms with E-state index in [4.69, 9.17) is 0 Å². The van der Waals surface area contributed by atoms with E-state index >= 15 is 0 Å². The third kappa shape index (κ3) is 5.73. The molecule has 2 atom stereocenters. The molecule has 1 aliphatic heterocycles. The lowest BCUT2D eigenvalue weighted by molar-refractivity contribution is -0.117. The van der Waals surface area contributed by atoms with Gasteiger partial charge in [-0.05, 0) is 65.6 Å². The summed E-state index contributed by atoms with van der Waals surface area (Å²) in [4.78, 5) is 28.9. The number of carbonyl (C=O) groups excluding carboxylic acids is 2. The zero-order chi connectivity index (χ0) is 26.6. The Kier molecular flexibility index (Phi) is 7.13. The number of nitrogens with one attached hydrogen (secondary N) is 2. The van der Waals surface area contributed by atoms with Crippen LogP contribution in [0, 0.1) is 5.92 Å². The van der Waals surface area contributed by atoms with Crippen molar-refractivity contribution in [1.82, 2.24) is 5.32 Å². The van der Waals surface area contributed by atoms with Crippen LogP contribution in [0.4, 0.5) is 11.4 Å². The van der Waals surface area contributed by atoms with Crippen molar-refractivity contribution < 1.29 is 9.59 Å².